The van der Waals surface area contributed by atoms with Gasteiger partial charge in [0.05, 0.1) is 5.57 Å². The molecule has 1 saturated carbocycles. The summed E-state index contributed by atoms with van der Waals surface area (Å²) in [7, 11) is 0. The Bertz CT molecular complexity index is 647. The molecular weight excluding hydrogens is 306 g/mol. The van der Waals surface area contributed by atoms with E-state index in [2.05, 4.69) is 5.32 Å². The Morgan fingerprint density at radius 1 is 1.29 bits per heavy atom. The fourth-order valence-corrected chi connectivity index (χ4v) is 3.13. The number of para-hydroxylation sites is 1. The number of hydrogen-bond donors (Lipinski definition) is 1. The van der Waals surface area contributed by atoms with Crippen molar-refractivity contribution in [3.05, 3.63) is 35.4 Å². The highest BCUT2D eigenvalue weighted by atomic mass is 16.6. The second-order valence-corrected chi connectivity index (χ2v) is 6.29. The zero-order valence-corrected chi connectivity index (χ0v) is 13.9. The third-order valence-electron chi connectivity index (χ3n) is 4.51. The summed E-state index contributed by atoms with van der Waals surface area (Å²) in [5.41, 5.74) is 1.28. The van der Waals surface area contributed by atoms with Gasteiger partial charge in [0.15, 0.2) is 6.10 Å². The summed E-state index contributed by atoms with van der Waals surface area (Å²) in [6.45, 7) is 2.00. The van der Waals surface area contributed by atoms with E-state index in [1.807, 2.05) is 31.2 Å². The van der Waals surface area contributed by atoms with E-state index in [1.54, 1.807) is 6.08 Å². The normalized spacial score (nSPS) is 18.1. The SMILES string of the molecule is CC[C@@H](OC(=O)C1=Cc2ccccc2OC1)C(=O)NC1CCCC1. The second-order valence-electron chi connectivity index (χ2n) is 6.29. The summed E-state index contributed by atoms with van der Waals surface area (Å²) in [6.07, 6.45) is 5.77. The number of esters is 1. The predicted octanol–water partition coefficient (Wildman–Crippen LogP) is 2.84. The Morgan fingerprint density at radius 2 is 2.04 bits per heavy atom. The van der Waals surface area contributed by atoms with E-state index in [0.717, 1.165) is 37.0 Å². The third-order valence-corrected chi connectivity index (χ3v) is 4.51. The lowest BCUT2D eigenvalue weighted by molar-refractivity contribution is -0.153. The molecule has 24 heavy (non-hydrogen) atoms. The van der Waals surface area contributed by atoms with Crippen LogP contribution in [0.3, 0.4) is 0 Å². The highest BCUT2D eigenvalue weighted by molar-refractivity contribution is 5.97. The Hall–Kier alpha value is -2.30. The van der Waals surface area contributed by atoms with Crippen molar-refractivity contribution in [1.29, 1.82) is 0 Å². The molecule has 1 aliphatic carbocycles. The molecule has 0 radical (unpaired) electrons. The molecule has 0 spiro atoms. The molecule has 3 rings (SSSR count). The fourth-order valence-electron chi connectivity index (χ4n) is 3.13. The van der Waals surface area contributed by atoms with E-state index in [4.69, 9.17) is 9.47 Å². The van der Waals surface area contributed by atoms with Gasteiger partial charge in [-0.2, -0.15) is 0 Å². The number of hydrogen-bond acceptors (Lipinski definition) is 4. The Morgan fingerprint density at radius 3 is 2.79 bits per heavy atom. The minimum atomic E-state index is -0.754. The number of carbonyl (C=O) groups excluding carboxylic acids is 2. The largest absolute Gasteiger partial charge is 0.488 e. The van der Waals surface area contributed by atoms with Crippen LogP contribution in [-0.2, 0) is 14.3 Å². The van der Waals surface area contributed by atoms with E-state index < -0.39 is 12.1 Å². The van der Waals surface area contributed by atoms with Crippen molar-refractivity contribution in [3.63, 3.8) is 0 Å². The van der Waals surface area contributed by atoms with Gasteiger partial charge in [0.1, 0.15) is 12.4 Å². The molecule has 1 atom stereocenters. The highest BCUT2D eigenvalue weighted by Crippen LogP contribution is 2.26. The maximum atomic E-state index is 12.4. The molecule has 1 aliphatic heterocycles. The molecular formula is C19H23NO4. The van der Waals surface area contributed by atoms with E-state index in [9.17, 15) is 9.59 Å². The van der Waals surface area contributed by atoms with Crippen molar-refractivity contribution in [2.45, 2.75) is 51.2 Å². The molecule has 1 amide bonds. The van der Waals surface area contributed by atoms with E-state index in [-0.39, 0.29) is 18.6 Å². The minimum absolute atomic E-state index is 0.163. The lowest BCUT2D eigenvalue weighted by Gasteiger charge is -2.21. The highest BCUT2D eigenvalue weighted by Gasteiger charge is 2.27. The number of benzene rings is 1. The van der Waals surface area contributed by atoms with Gasteiger partial charge < -0.3 is 14.8 Å². The average Bonchev–Trinajstić information content (AvgIpc) is 3.11. The van der Waals surface area contributed by atoms with Gasteiger partial charge in [0, 0.05) is 11.6 Å². The van der Waals surface area contributed by atoms with Crippen LogP contribution in [0.4, 0.5) is 0 Å². The molecule has 1 aromatic carbocycles. The third kappa shape index (κ3) is 3.78. The monoisotopic (exact) mass is 329 g/mol. The van der Waals surface area contributed by atoms with Crippen LogP contribution in [-0.4, -0.2) is 30.6 Å². The smallest absolute Gasteiger partial charge is 0.338 e. The molecule has 5 heteroatoms. The van der Waals surface area contributed by atoms with Crippen molar-refractivity contribution in [1.82, 2.24) is 5.32 Å². The first-order valence-electron chi connectivity index (χ1n) is 8.61. The zero-order chi connectivity index (χ0) is 16.9. The first-order chi connectivity index (χ1) is 11.7. The van der Waals surface area contributed by atoms with Crippen molar-refractivity contribution in [2.24, 2.45) is 0 Å². The fraction of sp³-hybridized carbons (Fsp3) is 0.474. The van der Waals surface area contributed by atoms with Crippen LogP contribution in [0.25, 0.3) is 6.08 Å². The summed E-state index contributed by atoms with van der Waals surface area (Å²) in [5, 5.41) is 2.99. The quantitative estimate of drug-likeness (QED) is 0.844. The van der Waals surface area contributed by atoms with Crippen LogP contribution in [0.5, 0.6) is 5.75 Å². The van der Waals surface area contributed by atoms with E-state index >= 15 is 0 Å². The molecule has 1 aromatic rings. The first kappa shape index (κ1) is 16.6. The van der Waals surface area contributed by atoms with Crippen LogP contribution < -0.4 is 10.1 Å². The van der Waals surface area contributed by atoms with Gasteiger partial charge >= 0.3 is 5.97 Å². The molecule has 1 heterocycles. The van der Waals surface area contributed by atoms with Crippen molar-refractivity contribution < 1.29 is 19.1 Å². The molecule has 0 bridgehead atoms. The lowest BCUT2D eigenvalue weighted by atomic mass is 10.1. The molecule has 5 nitrogen and oxygen atoms in total. The molecule has 128 valence electrons. The predicted molar refractivity (Wildman–Crippen MR) is 90.5 cm³/mol. The molecule has 1 fully saturated rings. The number of amides is 1. The van der Waals surface area contributed by atoms with Crippen molar-refractivity contribution in [3.8, 4) is 5.75 Å². The number of ether oxygens (including phenoxy) is 2. The van der Waals surface area contributed by atoms with E-state index in [0.29, 0.717) is 12.0 Å². The molecule has 0 unspecified atom stereocenters. The van der Waals surface area contributed by atoms with Crippen molar-refractivity contribution in [2.75, 3.05) is 6.61 Å². The maximum Gasteiger partial charge on any atom is 0.338 e. The lowest BCUT2D eigenvalue weighted by Crippen LogP contribution is -2.42. The minimum Gasteiger partial charge on any atom is -0.488 e. The van der Waals surface area contributed by atoms with E-state index in [1.165, 1.54) is 0 Å². The van der Waals surface area contributed by atoms with Gasteiger partial charge in [-0.05, 0) is 31.4 Å². The Kier molecular flexibility index (Phi) is 5.18. The van der Waals surface area contributed by atoms with Crippen LogP contribution in [0.2, 0.25) is 0 Å². The standard InChI is InChI=1S/C19H23NO4/c1-2-16(18(21)20-15-8-4-5-9-15)24-19(22)14-11-13-7-3-6-10-17(13)23-12-14/h3,6-7,10-11,15-16H,2,4-5,8-9,12H2,1H3,(H,20,21)/t16-/m1/s1. The van der Waals surface area contributed by atoms with Crippen LogP contribution in [0.1, 0.15) is 44.6 Å². The number of rotatable bonds is 5. The average molecular weight is 329 g/mol. The maximum absolute atomic E-state index is 12.4. The summed E-state index contributed by atoms with van der Waals surface area (Å²) < 4.78 is 11.0. The number of nitrogens with one attached hydrogen (secondary N) is 1. The number of fused-ring (bicyclic) bond motifs is 1. The van der Waals surface area contributed by atoms with Crippen LogP contribution >= 0.6 is 0 Å². The summed E-state index contributed by atoms with van der Waals surface area (Å²) in [5.74, 6) is 0.0634. The van der Waals surface area contributed by atoms with Gasteiger partial charge in [0.2, 0.25) is 0 Å². The van der Waals surface area contributed by atoms with Crippen molar-refractivity contribution >= 4 is 18.0 Å². The Balaban J connectivity index is 1.62. The van der Waals surface area contributed by atoms with Gasteiger partial charge in [-0.1, -0.05) is 38.0 Å². The summed E-state index contributed by atoms with van der Waals surface area (Å²) in [6, 6.07) is 7.73. The molecule has 0 saturated heterocycles. The molecule has 1 N–H and O–H groups in total. The zero-order valence-electron chi connectivity index (χ0n) is 13.9. The molecule has 0 aromatic heterocycles. The van der Waals surface area contributed by atoms with Gasteiger partial charge in [-0.25, -0.2) is 4.79 Å². The van der Waals surface area contributed by atoms with Gasteiger partial charge in [-0.3, -0.25) is 4.79 Å². The topological polar surface area (TPSA) is 64.6 Å². The first-order valence-corrected chi connectivity index (χ1v) is 8.61. The second kappa shape index (κ2) is 7.51. The van der Waals surface area contributed by atoms with Gasteiger partial charge in [-0.15, -0.1) is 0 Å². The van der Waals surface area contributed by atoms with Gasteiger partial charge in [0.25, 0.3) is 5.91 Å². The summed E-state index contributed by atoms with van der Waals surface area (Å²) in [4.78, 5) is 24.7. The number of carbonyl (C=O) groups is 2. The summed E-state index contributed by atoms with van der Waals surface area (Å²) >= 11 is 0. The Labute approximate surface area is 142 Å². The van der Waals surface area contributed by atoms with Crippen LogP contribution in [0.15, 0.2) is 29.8 Å². The van der Waals surface area contributed by atoms with Crippen LogP contribution in [0, 0.1) is 0 Å². The molecule has 2 aliphatic rings.